The first-order valence-electron chi connectivity index (χ1n) is 4.48. The number of nitrogens with two attached hydrogens (primary N) is 1. The van der Waals surface area contributed by atoms with Gasteiger partial charge in [-0.05, 0) is 31.8 Å². The Morgan fingerprint density at radius 3 is 2.55 bits per heavy atom. The van der Waals surface area contributed by atoms with Gasteiger partial charge in [-0.2, -0.15) is 0 Å². The maximum atomic E-state index is 5.73. The third-order valence-electron chi connectivity index (χ3n) is 2.99. The zero-order valence-electron chi connectivity index (χ0n) is 7.93. The Labute approximate surface area is 69.8 Å². The molecule has 1 aliphatic rings. The summed E-state index contributed by atoms with van der Waals surface area (Å²) in [6.07, 6.45) is 2.64. The number of nitrogens with zero attached hydrogens (tertiary/aromatic N) is 1. The zero-order chi connectivity index (χ0) is 8.48. The first kappa shape index (κ1) is 9.01. The average molecular weight is 156 g/mol. The third-order valence-corrected chi connectivity index (χ3v) is 2.99. The van der Waals surface area contributed by atoms with Gasteiger partial charge in [0.2, 0.25) is 0 Å². The molecule has 1 saturated heterocycles. The molecular formula is C9H20N2. The molecule has 0 radical (unpaired) electrons. The Hall–Kier alpha value is -0.0800. The van der Waals surface area contributed by atoms with Gasteiger partial charge in [-0.1, -0.05) is 13.8 Å². The molecular weight excluding hydrogens is 136 g/mol. The van der Waals surface area contributed by atoms with Gasteiger partial charge in [0.05, 0.1) is 0 Å². The van der Waals surface area contributed by atoms with Crippen molar-refractivity contribution in [2.75, 3.05) is 20.1 Å². The molecule has 2 heteroatoms. The quantitative estimate of drug-likeness (QED) is 0.615. The summed E-state index contributed by atoms with van der Waals surface area (Å²) in [5, 5.41) is 0. The van der Waals surface area contributed by atoms with Crippen LogP contribution in [0.4, 0.5) is 0 Å². The minimum absolute atomic E-state index is 0.418. The highest BCUT2D eigenvalue weighted by Crippen LogP contribution is 2.33. The molecule has 1 atom stereocenters. The predicted octanol–water partition coefficient (Wildman–Crippen LogP) is 1.07. The lowest BCUT2D eigenvalue weighted by Crippen LogP contribution is -2.51. The Kier molecular flexibility index (Phi) is 2.55. The summed E-state index contributed by atoms with van der Waals surface area (Å²) in [5.41, 5.74) is 6.15. The summed E-state index contributed by atoms with van der Waals surface area (Å²) in [7, 11) is 2.18. The topological polar surface area (TPSA) is 29.3 Å². The molecule has 0 spiro atoms. The summed E-state index contributed by atoms with van der Waals surface area (Å²) in [5.74, 6) is 0. The van der Waals surface area contributed by atoms with Crippen LogP contribution in [0.3, 0.4) is 0 Å². The van der Waals surface area contributed by atoms with Crippen molar-refractivity contribution in [2.24, 2.45) is 11.1 Å². The molecule has 1 fully saturated rings. The number of rotatable bonds is 1. The van der Waals surface area contributed by atoms with Crippen molar-refractivity contribution in [3.05, 3.63) is 0 Å². The van der Waals surface area contributed by atoms with E-state index in [0.717, 1.165) is 6.54 Å². The summed E-state index contributed by atoms with van der Waals surface area (Å²) >= 11 is 0. The van der Waals surface area contributed by atoms with Crippen molar-refractivity contribution >= 4 is 0 Å². The van der Waals surface area contributed by atoms with Crippen LogP contribution >= 0.6 is 0 Å². The molecule has 11 heavy (non-hydrogen) atoms. The number of likely N-dealkylation sites (tertiary alicyclic amines) is 1. The van der Waals surface area contributed by atoms with Gasteiger partial charge in [0.25, 0.3) is 0 Å². The molecule has 0 bridgehead atoms. The smallest absolute Gasteiger partial charge is 0.0266 e. The van der Waals surface area contributed by atoms with E-state index in [0.29, 0.717) is 11.5 Å². The van der Waals surface area contributed by atoms with E-state index >= 15 is 0 Å². The Balaban J connectivity index is 2.64. The van der Waals surface area contributed by atoms with Gasteiger partial charge in [0.15, 0.2) is 0 Å². The average Bonchev–Trinajstić information content (AvgIpc) is 1.86. The first-order chi connectivity index (χ1) is 5.08. The normalized spacial score (nSPS) is 32.2. The standard InChI is InChI=1S/C9H20N2/c1-9(2)5-4-6-11(3)8(9)7-10/h8H,4-7,10H2,1-3H3. The van der Waals surface area contributed by atoms with E-state index in [1.807, 2.05) is 0 Å². The molecule has 66 valence electrons. The second-order valence-corrected chi connectivity index (χ2v) is 4.32. The highest BCUT2D eigenvalue weighted by molar-refractivity contribution is 4.89. The SMILES string of the molecule is CN1CCCC(C)(C)C1CN. The maximum Gasteiger partial charge on any atom is 0.0266 e. The molecule has 0 aromatic carbocycles. The largest absolute Gasteiger partial charge is 0.329 e. The summed E-state index contributed by atoms with van der Waals surface area (Å²) in [6.45, 7) is 6.65. The summed E-state index contributed by atoms with van der Waals surface area (Å²) < 4.78 is 0. The molecule has 2 N–H and O–H groups in total. The molecule has 1 unspecified atom stereocenters. The van der Waals surface area contributed by atoms with Gasteiger partial charge in [0.1, 0.15) is 0 Å². The van der Waals surface area contributed by atoms with Crippen LogP contribution in [0.2, 0.25) is 0 Å². The van der Waals surface area contributed by atoms with Crippen molar-refractivity contribution < 1.29 is 0 Å². The zero-order valence-corrected chi connectivity index (χ0v) is 7.93. The monoisotopic (exact) mass is 156 g/mol. The van der Waals surface area contributed by atoms with Gasteiger partial charge >= 0.3 is 0 Å². The molecule has 2 nitrogen and oxygen atoms in total. The van der Waals surface area contributed by atoms with E-state index in [1.165, 1.54) is 19.4 Å². The number of hydrogen-bond acceptors (Lipinski definition) is 2. The molecule has 0 aromatic rings. The van der Waals surface area contributed by atoms with Crippen LogP contribution < -0.4 is 5.73 Å². The lowest BCUT2D eigenvalue weighted by Gasteiger charge is -2.44. The lowest BCUT2D eigenvalue weighted by atomic mass is 9.77. The van der Waals surface area contributed by atoms with Crippen LogP contribution in [0.15, 0.2) is 0 Å². The fourth-order valence-corrected chi connectivity index (χ4v) is 2.20. The van der Waals surface area contributed by atoms with Crippen LogP contribution in [0.5, 0.6) is 0 Å². The van der Waals surface area contributed by atoms with E-state index in [1.54, 1.807) is 0 Å². The molecule has 1 aliphatic heterocycles. The first-order valence-corrected chi connectivity index (χ1v) is 4.48. The van der Waals surface area contributed by atoms with Gasteiger partial charge in [-0.3, -0.25) is 0 Å². The second-order valence-electron chi connectivity index (χ2n) is 4.32. The molecule has 0 saturated carbocycles. The van der Waals surface area contributed by atoms with Crippen LogP contribution in [0.1, 0.15) is 26.7 Å². The highest BCUT2D eigenvalue weighted by Gasteiger charge is 2.34. The minimum atomic E-state index is 0.418. The molecule has 1 heterocycles. The van der Waals surface area contributed by atoms with Gasteiger partial charge < -0.3 is 10.6 Å². The van der Waals surface area contributed by atoms with Crippen LogP contribution in [0, 0.1) is 5.41 Å². The van der Waals surface area contributed by atoms with E-state index in [-0.39, 0.29) is 0 Å². The molecule has 0 amide bonds. The molecule has 1 rings (SSSR count). The van der Waals surface area contributed by atoms with Crippen molar-refractivity contribution in [3.8, 4) is 0 Å². The Morgan fingerprint density at radius 1 is 1.55 bits per heavy atom. The van der Waals surface area contributed by atoms with E-state index < -0.39 is 0 Å². The Morgan fingerprint density at radius 2 is 2.18 bits per heavy atom. The minimum Gasteiger partial charge on any atom is -0.329 e. The fraction of sp³-hybridized carbons (Fsp3) is 1.00. The maximum absolute atomic E-state index is 5.73. The van der Waals surface area contributed by atoms with Gasteiger partial charge in [0, 0.05) is 12.6 Å². The molecule has 0 aliphatic carbocycles. The van der Waals surface area contributed by atoms with Crippen molar-refractivity contribution in [1.82, 2.24) is 4.90 Å². The van der Waals surface area contributed by atoms with E-state index in [4.69, 9.17) is 5.73 Å². The number of hydrogen-bond donors (Lipinski definition) is 1. The van der Waals surface area contributed by atoms with Gasteiger partial charge in [-0.15, -0.1) is 0 Å². The highest BCUT2D eigenvalue weighted by atomic mass is 15.2. The Bertz CT molecular complexity index is 132. The second kappa shape index (κ2) is 3.11. The number of piperidine rings is 1. The summed E-state index contributed by atoms with van der Waals surface area (Å²) in [4.78, 5) is 2.39. The number of likely N-dealkylation sites (N-methyl/N-ethyl adjacent to an activating group) is 1. The fourth-order valence-electron chi connectivity index (χ4n) is 2.20. The van der Waals surface area contributed by atoms with Crippen molar-refractivity contribution in [3.63, 3.8) is 0 Å². The van der Waals surface area contributed by atoms with Crippen LogP contribution in [-0.4, -0.2) is 31.1 Å². The third kappa shape index (κ3) is 1.74. The molecule has 0 aromatic heterocycles. The van der Waals surface area contributed by atoms with Crippen molar-refractivity contribution in [1.29, 1.82) is 0 Å². The lowest BCUT2D eigenvalue weighted by molar-refractivity contribution is 0.0643. The predicted molar refractivity (Wildman–Crippen MR) is 48.5 cm³/mol. The van der Waals surface area contributed by atoms with Crippen molar-refractivity contribution in [2.45, 2.75) is 32.7 Å². The summed E-state index contributed by atoms with van der Waals surface area (Å²) in [6, 6.07) is 0.580. The van der Waals surface area contributed by atoms with Crippen LogP contribution in [-0.2, 0) is 0 Å². The van der Waals surface area contributed by atoms with E-state index in [2.05, 4.69) is 25.8 Å². The van der Waals surface area contributed by atoms with E-state index in [9.17, 15) is 0 Å². The van der Waals surface area contributed by atoms with Crippen LogP contribution in [0.25, 0.3) is 0 Å². The van der Waals surface area contributed by atoms with Gasteiger partial charge in [-0.25, -0.2) is 0 Å².